The third kappa shape index (κ3) is 2.65. The van der Waals surface area contributed by atoms with Crippen molar-refractivity contribution in [3.63, 3.8) is 0 Å². The first-order valence-electron chi connectivity index (χ1n) is 8.40. The normalized spacial score (nSPS) is 25.8. The molecule has 1 aromatic rings. The van der Waals surface area contributed by atoms with Gasteiger partial charge < -0.3 is 10.2 Å². The highest BCUT2D eigenvalue weighted by Gasteiger charge is 2.58. The first kappa shape index (κ1) is 15.8. The molecular formula is C18H25ClN2O. The Morgan fingerprint density at radius 1 is 1.18 bits per heavy atom. The minimum atomic E-state index is 0. The zero-order valence-corrected chi connectivity index (χ0v) is 13.8. The van der Waals surface area contributed by atoms with Gasteiger partial charge in [-0.15, -0.1) is 12.4 Å². The Labute approximate surface area is 138 Å². The number of halogens is 1. The summed E-state index contributed by atoms with van der Waals surface area (Å²) >= 11 is 0. The molecule has 1 amide bonds. The molecule has 2 aliphatic heterocycles. The third-order valence-corrected chi connectivity index (χ3v) is 5.71. The second-order valence-corrected chi connectivity index (χ2v) is 6.94. The van der Waals surface area contributed by atoms with Crippen molar-refractivity contribution in [2.45, 2.75) is 38.5 Å². The number of amides is 1. The largest absolute Gasteiger partial charge is 0.317 e. The minimum Gasteiger partial charge on any atom is -0.317 e. The van der Waals surface area contributed by atoms with E-state index < -0.39 is 0 Å². The Hall–Kier alpha value is -1.06. The number of nitrogens with zero attached hydrogens (tertiary/aromatic N) is 1. The van der Waals surface area contributed by atoms with E-state index in [1.807, 2.05) is 0 Å². The summed E-state index contributed by atoms with van der Waals surface area (Å²) in [7, 11) is 0. The number of aryl methyl sites for hydroxylation is 1. The number of carbonyl (C=O) groups excluding carboxylic acids is 1. The van der Waals surface area contributed by atoms with E-state index in [0.717, 1.165) is 38.9 Å². The van der Waals surface area contributed by atoms with Gasteiger partial charge in [0.25, 0.3) is 0 Å². The Kier molecular flexibility index (Phi) is 4.47. The van der Waals surface area contributed by atoms with Crippen LogP contribution in [0.1, 0.15) is 37.7 Å². The monoisotopic (exact) mass is 320 g/mol. The van der Waals surface area contributed by atoms with E-state index in [9.17, 15) is 4.79 Å². The molecule has 1 unspecified atom stereocenters. The van der Waals surface area contributed by atoms with Crippen molar-refractivity contribution in [3.05, 3.63) is 29.8 Å². The van der Waals surface area contributed by atoms with E-state index in [0.29, 0.717) is 11.3 Å². The first-order chi connectivity index (χ1) is 10.3. The minimum absolute atomic E-state index is 0. The molecule has 1 spiro atoms. The molecule has 3 nitrogen and oxygen atoms in total. The predicted octanol–water partition coefficient (Wildman–Crippen LogP) is 3.17. The zero-order chi connectivity index (χ0) is 14.3. The maximum atomic E-state index is 13.1. The zero-order valence-electron chi connectivity index (χ0n) is 13.0. The van der Waals surface area contributed by atoms with Crippen molar-refractivity contribution in [2.24, 2.45) is 11.3 Å². The van der Waals surface area contributed by atoms with Crippen molar-refractivity contribution in [3.8, 4) is 0 Å². The standard InChI is InChI=1S/C18H24N2O.ClH/c21-17(15-13-18(15)8-10-19-11-9-18)20-12-4-3-6-14-5-1-2-7-16(14)20;/h1-2,5,7,15,19H,3-4,6,8-13H2;1H. The summed E-state index contributed by atoms with van der Waals surface area (Å²) in [6.45, 7) is 3.07. The van der Waals surface area contributed by atoms with Crippen molar-refractivity contribution < 1.29 is 4.79 Å². The van der Waals surface area contributed by atoms with Crippen molar-refractivity contribution in [1.29, 1.82) is 0 Å². The van der Waals surface area contributed by atoms with Crippen LogP contribution in [0.3, 0.4) is 0 Å². The summed E-state index contributed by atoms with van der Waals surface area (Å²) in [4.78, 5) is 15.2. The average Bonchev–Trinajstić information content (AvgIpc) is 3.25. The number of nitrogens with one attached hydrogen (secondary N) is 1. The van der Waals surface area contributed by atoms with E-state index in [-0.39, 0.29) is 18.3 Å². The van der Waals surface area contributed by atoms with Gasteiger partial charge in [-0.3, -0.25) is 4.79 Å². The molecule has 2 heterocycles. The number of hydrogen-bond donors (Lipinski definition) is 1. The van der Waals surface area contributed by atoms with Crippen LogP contribution in [0, 0.1) is 11.3 Å². The number of fused-ring (bicyclic) bond motifs is 1. The molecule has 1 saturated carbocycles. The fourth-order valence-electron chi connectivity index (χ4n) is 4.28. The lowest BCUT2D eigenvalue weighted by Gasteiger charge is -2.27. The Morgan fingerprint density at radius 2 is 1.95 bits per heavy atom. The third-order valence-electron chi connectivity index (χ3n) is 5.71. The highest BCUT2D eigenvalue weighted by atomic mass is 35.5. The van der Waals surface area contributed by atoms with Gasteiger partial charge in [-0.25, -0.2) is 0 Å². The molecule has 4 heteroatoms. The Morgan fingerprint density at radius 3 is 2.77 bits per heavy atom. The second kappa shape index (κ2) is 6.21. The van der Waals surface area contributed by atoms with E-state index in [2.05, 4.69) is 34.5 Å². The molecule has 0 radical (unpaired) electrons. The maximum absolute atomic E-state index is 13.1. The molecule has 1 aliphatic carbocycles. The van der Waals surface area contributed by atoms with Crippen LogP contribution in [0.15, 0.2) is 24.3 Å². The average molecular weight is 321 g/mol. The Bertz CT molecular complexity index is 554. The molecule has 4 rings (SSSR count). The summed E-state index contributed by atoms with van der Waals surface area (Å²) in [5.41, 5.74) is 2.86. The van der Waals surface area contributed by atoms with Gasteiger partial charge in [0.1, 0.15) is 0 Å². The van der Waals surface area contributed by atoms with Crippen LogP contribution in [0.5, 0.6) is 0 Å². The first-order valence-corrected chi connectivity index (χ1v) is 8.40. The van der Waals surface area contributed by atoms with Crippen LogP contribution in [-0.4, -0.2) is 25.5 Å². The maximum Gasteiger partial charge on any atom is 0.230 e. The number of carbonyl (C=O) groups is 1. The van der Waals surface area contributed by atoms with Crippen molar-refractivity contribution in [2.75, 3.05) is 24.5 Å². The number of anilines is 1. The summed E-state index contributed by atoms with van der Waals surface area (Å²) in [6.07, 6.45) is 6.91. The summed E-state index contributed by atoms with van der Waals surface area (Å²) in [5, 5.41) is 3.42. The van der Waals surface area contributed by atoms with Crippen molar-refractivity contribution >= 4 is 24.0 Å². The highest BCUT2D eigenvalue weighted by Crippen LogP contribution is 2.59. The highest BCUT2D eigenvalue weighted by molar-refractivity contribution is 5.98. The molecule has 0 aromatic heterocycles. The SMILES string of the molecule is Cl.O=C(C1CC12CCNCC2)N1CCCCc2ccccc21. The van der Waals surface area contributed by atoms with Gasteiger partial charge in [0, 0.05) is 18.2 Å². The predicted molar refractivity (Wildman–Crippen MR) is 91.6 cm³/mol. The van der Waals surface area contributed by atoms with Gasteiger partial charge in [-0.2, -0.15) is 0 Å². The van der Waals surface area contributed by atoms with Gasteiger partial charge in [0.15, 0.2) is 0 Å². The van der Waals surface area contributed by atoms with Crippen LogP contribution in [0.25, 0.3) is 0 Å². The fraction of sp³-hybridized carbons (Fsp3) is 0.611. The van der Waals surface area contributed by atoms with Gasteiger partial charge in [-0.05, 0) is 68.7 Å². The van der Waals surface area contributed by atoms with E-state index in [1.165, 1.54) is 30.5 Å². The van der Waals surface area contributed by atoms with E-state index >= 15 is 0 Å². The molecule has 0 bridgehead atoms. The fourth-order valence-corrected chi connectivity index (χ4v) is 4.28. The second-order valence-electron chi connectivity index (χ2n) is 6.94. The smallest absolute Gasteiger partial charge is 0.230 e. The van der Waals surface area contributed by atoms with E-state index in [1.54, 1.807) is 0 Å². The Balaban J connectivity index is 0.00000144. The molecular weight excluding hydrogens is 296 g/mol. The van der Waals surface area contributed by atoms with E-state index in [4.69, 9.17) is 0 Å². The number of piperidine rings is 1. The van der Waals surface area contributed by atoms with Crippen molar-refractivity contribution in [1.82, 2.24) is 5.32 Å². The lowest BCUT2D eigenvalue weighted by Crippen LogP contribution is -2.37. The molecule has 120 valence electrons. The van der Waals surface area contributed by atoms with Gasteiger partial charge in [0.2, 0.25) is 5.91 Å². The molecule has 2 fully saturated rings. The topological polar surface area (TPSA) is 32.3 Å². The summed E-state index contributed by atoms with van der Waals surface area (Å²) in [6, 6.07) is 8.49. The quantitative estimate of drug-likeness (QED) is 0.862. The molecule has 3 aliphatic rings. The lowest BCUT2D eigenvalue weighted by atomic mass is 9.91. The molecule has 1 N–H and O–H groups in total. The van der Waals surface area contributed by atoms with Crippen LogP contribution in [-0.2, 0) is 11.2 Å². The van der Waals surface area contributed by atoms with Crippen LogP contribution >= 0.6 is 12.4 Å². The number of para-hydroxylation sites is 1. The number of hydrogen-bond acceptors (Lipinski definition) is 2. The van der Waals surface area contributed by atoms with Crippen LogP contribution in [0.2, 0.25) is 0 Å². The molecule has 1 saturated heterocycles. The molecule has 1 aromatic carbocycles. The lowest BCUT2D eigenvalue weighted by molar-refractivity contribution is -0.120. The number of rotatable bonds is 1. The van der Waals surface area contributed by atoms with Gasteiger partial charge >= 0.3 is 0 Å². The van der Waals surface area contributed by atoms with Gasteiger partial charge in [-0.1, -0.05) is 18.2 Å². The summed E-state index contributed by atoms with van der Waals surface area (Å²) in [5.74, 6) is 0.678. The number of benzene rings is 1. The molecule has 22 heavy (non-hydrogen) atoms. The van der Waals surface area contributed by atoms with Gasteiger partial charge in [0.05, 0.1) is 0 Å². The van der Waals surface area contributed by atoms with Crippen LogP contribution in [0.4, 0.5) is 5.69 Å². The summed E-state index contributed by atoms with van der Waals surface area (Å²) < 4.78 is 0. The van der Waals surface area contributed by atoms with Crippen LogP contribution < -0.4 is 10.2 Å². The molecule has 1 atom stereocenters.